The van der Waals surface area contributed by atoms with Gasteiger partial charge in [0.2, 0.25) is 5.88 Å². The molecule has 0 atom stereocenters. The molecule has 0 radical (unpaired) electrons. The Hall–Kier alpha value is -2.79. The molecule has 2 aromatic heterocycles. The van der Waals surface area contributed by atoms with Crippen molar-refractivity contribution in [3.8, 4) is 11.6 Å². The van der Waals surface area contributed by atoms with Gasteiger partial charge < -0.3 is 9.67 Å². The normalized spacial score (nSPS) is 11.4. The molecule has 0 aliphatic heterocycles. The van der Waals surface area contributed by atoms with Crippen LogP contribution in [-0.2, 0) is 7.05 Å². The summed E-state index contributed by atoms with van der Waals surface area (Å²) >= 11 is 5.90. The summed E-state index contributed by atoms with van der Waals surface area (Å²) in [5, 5.41) is 17.0. The van der Waals surface area contributed by atoms with E-state index in [1.165, 1.54) is 9.25 Å². The van der Waals surface area contributed by atoms with E-state index >= 15 is 0 Å². The van der Waals surface area contributed by atoms with Crippen molar-refractivity contribution in [1.29, 1.82) is 0 Å². The number of pyridine rings is 1. The second-order valence-electron chi connectivity index (χ2n) is 5.32. The van der Waals surface area contributed by atoms with Gasteiger partial charge in [0, 0.05) is 22.8 Å². The topological polar surface area (TPSA) is 60.0 Å². The lowest BCUT2D eigenvalue weighted by Gasteiger charge is -2.04. The zero-order chi connectivity index (χ0) is 16.1. The average Bonchev–Trinajstić information content (AvgIpc) is 2.91. The number of nitrogens with zero attached hydrogens (tertiary/aromatic N) is 3. The number of aryl methyl sites for hydroxylation is 1. The molecular weight excluding hydrogens is 314 g/mol. The third-order valence-electron chi connectivity index (χ3n) is 3.96. The molecule has 4 rings (SSSR count). The molecule has 0 aliphatic rings. The predicted octanol–water partition coefficient (Wildman–Crippen LogP) is 3.24. The lowest BCUT2D eigenvalue weighted by atomic mass is 10.1. The number of aromatic nitrogens is 3. The molecule has 2 heterocycles. The van der Waals surface area contributed by atoms with Crippen molar-refractivity contribution in [2.75, 3.05) is 0 Å². The SMILES string of the molecule is Cn1c(=O)c2ccccc2c2nn(-c3ccc(Cl)cc3)c(O)c21. The van der Waals surface area contributed by atoms with Crippen LogP contribution in [0.2, 0.25) is 5.02 Å². The molecule has 0 bridgehead atoms. The number of halogens is 1. The van der Waals surface area contributed by atoms with Crippen molar-refractivity contribution in [3.63, 3.8) is 0 Å². The minimum absolute atomic E-state index is 0.0762. The number of fused-ring (bicyclic) bond motifs is 3. The second-order valence-corrected chi connectivity index (χ2v) is 5.76. The zero-order valence-corrected chi connectivity index (χ0v) is 12.9. The largest absolute Gasteiger partial charge is 0.492 e. The van der Waals surface area contributed by atoms with Crippen molar-refractivity contribution < 1.29 is 5.11 Å². The van der Waals surface area contributed by atoms with E-state index in [2.05, 4.69) is 5.10 Å². The number of benzene rings is 2. The molecule has 1 N–H and O–H groups in total. The van der Waals surface area contributed by atoms with Crippen LogP contribution in [0, 0.1) is 0 Å². The van der Waals surface area contributed by atoms with Crippen LogP contribution < -0.4 is 5.56 Å². The molecule has 0 saturated carbocycles. The van der Waals surface area contributed by atoms with E-state index in [4.69, 9.17) is 11.6 Å². The Morgan fingerprint density at radius 3 is 2.39 bits per heavy atom. The van der Waals surface area contributed by atoms with Crippen molar-refractivity contribution in [1.82, 2.24) is 14.3 Å². The van der Waals surface area contributed by atoms with Crippen molar-refractivity contribution >= 4 is 33.4 Å². The monoisotopic (exact) mass is 325 g/mol. The summed E-state index contributed by atoms with van der Waals surface area (Å²) < 4.78 is 2.83. The van der Waals surface area contributed by atoms with Crippen LogP contribution in [0.3, 0.4) is 0 Å². The van der Waals surface area contributed by atoms with Crippen LogP contribution in [0.4, 0.5) is 0 Å². The fourth-order valence-corrected chi connectivity index (χ4v) is 2.94. The van der Waals surface area contributed by atoms with Crippen molar-refractivity contribution in [3.05, 3.63) is 63.9 Å². The molecule has 0 spiro atoms. The Balaban J connectivity index is 2.16. The summed E-state index contributed by atoms with van der Waals surface area (Å²) in [6, 6.07) is 14.2. The zero-order valence-electron chi connectivity index (χ0n) is 12.2. The average molecular weight is 326 g/mol. The molecule has 114 valence electrons. The highest BCUT2D eigenvalue weighted by Gasteiger charge is 2.18. The number of hydrogen-bond donors (Lipinski definition) is 1. The van der Waals surface area contributed by atoms with Crippen LogP contribution in [-0.4, -0.2) is 19.5 Å². The Labute approximate surface area is 136 Å². The molecule has 0 fully saturated rings. The predicted molar refractivity (Wildman–Crippen MR) is 90.5 cm³/mol. The minimum Gasteiger partial charge on any atom is -0.492 e. The third-order valence-corrected chi connectivity index (χ3v) is 4.21. The van der Waals surface area contributed by atoms with E-state index in [-0.39, 0.29) is 11.4 Å². The molecule has 5 nitrogen and oxygen atoms in total. The van der Waals surface area contributed by atoms with Crippen LogP contribution in [0.25, 0.3) is 27.5 Å². The Bertz CT molecular complexity index is 1110. The number of aromatic hydroxyl groups is 1. The van der Waals surface area contributed by atoms with Crippen LogP contribution in [0.1, 0.15) is 0 Å². The number of hydrogen-bond acceptors (Lipinski definition) is 3. The fourth-order valence-electron chi connectivity index (χ4n) is 2.81. The van der Waals surface area contributed by atoms with Gasteiger partial charge in [-0.15, -0.1) is 0 Å². The lowest BCUT2D eigenvalue weighted by Crippen LogP contribution is -2.16. The molecule has 0 saturated heterocycles. The van der Waals surface area contributed by atoms with Gasteiger partial charge in [0.05, 0.1) is 5.69 Å². The van der Waals surface area contributed by atoms with E-state index in [1.54, 1.807) is 37.4 Å². The fraction of sp³-hybridized carbons (Fsp3) is 0.0588. The molecule has 2 aromatic carbocycles. The molecule has 4 aromatic rings. The van der Waals surface area contributed by atoms with E-state index in [1.807, 2.05) is 18.2 Å². The highest BCUT2D eigenvalue weighted by Crippen LogP contribution is 2.30. The molecule has 23 heavy (non-hydrogen) atoms. The van der Waals surface area contributed by atoms with Gasteiger partial charge in [-0.25, -0.2) is 0 Å². The summed E-state index contributed by atoms with van der Waals surface area (Å²) in [7, 11) is 1.63. The van der Waals surface area contributed by atoms with Gasteiger partial charge in [-0.1, -0.05) is 29.8 Å². The first-order chi connectivity index (χ1) is 11.1. The molecule has 0 aliphatic carbocycles. The van der Waals surface area contributed by atoms with Crippen molar-refractivity contribution in [2.24, 2.45) is 7.05 Å². The van der Waals surface area contributed by atoms with Gasteiger partial charge in [-0.2, -0.15) is 9.78 Å². The maximum absolute atomic E-state index is 12.5. The molecular formula is C17H12ClN3O2. The standard InChI is InChI=1S/C17H12ClN3O2/c1-20-15-14(12-4-2-3-5-13(12)16(20)22)19-21(17(15)23)11-8-6-10(18)7-9-11/h2-9,23H,1H3. The van der Waals surface area contributed by atoms with E-state index in [0.29, 0.717) is 32.5 Å². The first-order valence-electron chi connectivity index (χ1n) is 7.03. The van der Waals surface area contributed by atoms with E-state index in [0.717, 1.165) is 0 Å². The van der Waals surface area contributed by atoms with Gasteiger partial charge in [0.25, 0.3) is 5.56 Å². The summed E-state index contributed by atoms with van der Waals surface area (Å²) in [6.07, 6.45) is 0. The molecule has 6 heteroatoms. The van der Waals surface area contributed by atoms with Crippen LogP contribution in [0.15, 0.2) is 53.3 Å². The van der Waals surface area contributed by atoms with Gasteiger partial charge in [-0.3, -0.25) is 4.79 Å². The van der Waals surface area contributed by atoms with Gasteiger partial charge in [0.1, 0.15) is 11.0 Å². The highest BCUT2D eigenvalue weighted by molar-refractivity contribution is 6.30. The highest BCUT2D eigenvalue weighted by atomic mass is 35.5. The molecule has 0 unspecified atom stereocenters. The van der Waals surface area contributed by atoms with E-state index in [9.17, 15) is 9.90 Å². The molecule has 0 amide bonds. The second kappa shape index (κ2) is 4.86. The maximum Gasteiger partial charge on any atom is 0.258 e. The van der Waals surface area contributed by atoms with Gasteiger partial charge in [0.15, 0.2) is 0 Å². The van der Waals surface area contributed by atoms with Gasteiger partial charge >= 0.3 is 0 Å². The maximum atomic E-state index is 12.5. The number of rotatable bonds is 1. The summed E-state index contributed by atoms with van der Waals surface area (Å²) in [5.74, 6) is -0.0762. The van der Waals surface area contributed by atoms with Crippen LogP contribution >= 0.6 is 11.6 Å². The Morgan fingerprint density at radius 1 is 1.04 bits per heavy atom. The first kappa shape index (κ1) is 13.8. The summed E-state index contributed by atoms with van der Waals surface area (Å²) in [4.78, 5) is 12.5. The van der Waals surface area contributed by atoms with E-state index < -0.39 is 0 Å². The smallest absolute Gasteiger partial charge is 0.258 e. The first-order valence-corrected chi connectivity index (χ1v) is 7.41. The summed E-state index contributed by atoms with van der Waals surface area (Å²) in [5.41, 5.74) is 1.48. The summed E-state index contributed by atoms with van der Waals surface area (Å²) in [6.45, 7) is 0. The minimum atomic E-state index is -0.168. The van der Waals surface area contributed by atoms with Gasteiger partial charge in [-0.05, 0) is 30.3 Å². The third kappa shape index (κ3) is 1.94. The Morgan fingerprint density at radius 2 is 1.70 bits per heavy atom. The van der Waals surface area contributed by atoms with Crippen molar-refractivity contribution in [2.45, 2.75) is 0 Å². The van der Waals surface area contributed by atoms with Crippen LogP contribution in [0.5, 0.6) is 5.88 Å². The quantitative estimate of drug-likeness (QED) is 0.584. The Kier molecular flexibility index (Phi) is 2.92. The lowest BCUT2D eigenvalue weighted by molar-refractivity contribution is 0.436.